The van der Waals surface area contributed by atoms with Crippen molar-refractivity contribution in [1.29, 1.82) is 0 Å². The largest absolute Gasteiger partial charge is 0.353 e. The topological polar surface area (TPSA) is 271 Å². The highest BCUT2D eigenvalue weighted by Crippen LogP contribution is 2.33. The van der Waals surface area contributed by atoms with E-state index in [-0.39, 0.29) is 144 Å². The van der Waals surface area contributed by atoms with Gasteiger partial charge in [0.05, 0.1) is 31.7 Å². The Morgan fingerprint density at radius 2 is 1.12 bits per heavy atom. The van der Waals surface area contributed by atoms with Crippen LogP contribution in [0.5, 0.6) is 0 Å². The molecule has 5 aliphatic heterocycles. The minimum Gasteiger partial charge on any atom is -0.353 e. The average Bonchev–Trinajstić information content (AvgIpc) is 4.00. The lowest BCUT2D eigenvalue weighted by Gasteiger charge is -2.37. The number of urea groups is 1. The van der Waals surface area contributed by atoms with E-state index in [9.17, 15) is 47.9 Å². The molecule has 7 N–H and O–H groups in total. The standard InChI is InChI=1S/C43H58N12O10S2/c56-32(7-2-1-5-15-55-35(59)13-14-36(55)60)44-24-34(58)45-25-37(61)51-16-20-53(21-17-51)40(63)41(64)54-22-18-52(19-23-54)38(62)26-46-43(66)48-29-11-9-28(10-12-29)47-33(57)8-4-3-6-31-39-30(27-67-31)49-42(65)50-39/h9-14,30-31,39H,1-8,15-27H2,(H,44,56)(H,45,58)(H,47,57)(H2,46,48,66)(H2,49,50,65)/t30-,31-,39-/m0/s1. The van der Waals surface area contributed by atoms with Crippen LogP contribution >= 0.6 is 24.0 Å². The summed E-state index contributed by atoms with van der Waals surface area (Å²) in [4.78, 5) is 131. The van der Waals surface area contributed by atoms with Crippen molar-refractivity contribution in [3.63, 3.8) is 0 Å². The number of hydrogen-bond donors (Lipinski definition) is 7. The number of imide groups is 1. The number of anilines is 2. The van der Waals surface area contributed by atoms with Crippen LogP contribution in [-0.4, -0.2) is 190 Å². The molecule has 3 atom stereocenters. The molecule has 4 saturated heterocycles. The SMILES string of the molecule is O=C(CCCCCN1C(=O)C=CC1=O)NCC(=O)NCC(=O)N1CCN(C(=O)C(=O)N2CCN(C(=O)CNC(=S)Nc3ccc(NC(=O)CCCC[C@@H]4SC[C@@H]5NC(=O)N[C@@H]54)cc3)CC2)CC1. The zero-order valence-electron chi connectivity index (χ0n) is 37.2. The van der Waals surface area contributed by atoms with Gasteiger partial charge in [0.1, 0.15) is 0 Å². The van der Waals surface area contributed by atoms with Crippen molar-refractivity contribution in [2.24, 2.45) is 0 Å². The van der Waals surface area contributed by atoms with Crippen molar-refractivity contribution in [1.82, 2.24) is 51.1 Å². The minimum atomic E-state index is -0.693. The maximum Gasteiger partial charge on any atom is 0.315 e. The number of unbranched alkanes of at least 4 members (excludes halogenated alkanes) is 3. The van der Waals surface area contributed by atoms with Crippen LogP contribution in [0.2, 0.25) is 0 Å². The second kappa shape index (κ2) is 24.5. The number of rotatable bonds is 19. The number of benzene rings is 1. The van der Waals surface area contributed by atoms with E-state index in [1.807, 2.05) is 11.8 Å². The molecule has 0 aliphatic carbocycles. The minimum absolute atomic E-state index is 0.0792. The fourth-order valence-electron chi connectivity index (χ4n) is 8.17. The van der Waals surface area contributed by atoms with Gasteiger partial charge in [-0.05, 0) is 62.2 Å². The Balaban J connectivity index is 0.772. The van der Waals surface area contributed by atoms with Gasteiger partial charge in [-0.1, -0.05) is 12.8 Å². The Hall–Kier alpha value is -6.30. The highest BCUT2D eigenvalue weighted by Gasteiger charge is 2.42. The van der Waals surface area contributed by atoms with Gasteiger partial charge in [0.15, 0.2) is 5.11 Å². The summed E-state index contributed by atoms with van der Waals surface area (Å²) in [5.74, 6) is -2.73. The van der Waals surface area contributed by atoms with E-state index >= 15 is 0 Å². The summed E-state index contributed by atoms with van der Waals surface area (Å²) in [6.07, 6.45) is 7.27. The van der Waals surface area contributed by atoms with E-state index in [0.29, 0.717) is 42.3 Å². The van der Waals surface area contributed by atoms with Crippen molar-refractivity contribution < 1.29 is 47.9 Å². The first-order chi connectivity index (χ1) is 32.2. The van der Waals surface area contributed by atoms with Crippen LogP contribution in [0.25, 0.3) is 0 Å². The summed E-state index contributed by atoms with van der Waals surface area (Å²) in [5.41, 5.74) is 1.30. The van der Waals surface area contributed by atoms with Gasteiger partial charge in [0.25, 0.3) is 11.8 Å². The molecular formula is C43H58N12O10S2. The van der Waals surface area contributed by atoms with E-state index in [4.69, 9.17) is 12.2 Å². The first-order valence-electron chi connectivity index (χ1n) is 22.6. The number of thioether (sulfide) groups is 1. The third kappa shape index (κ3) is 14.8. The predicted octanol–water partition coefficient (Wildman–Crippen LogP) is -1.30. The van der Waals surface area contributed by atoms with Gasteiger partial charge in [0, 0.05) is 106 Å². The molecule has 362 valence electrons. The van der Waals surface area contributed by atoms with Crippen LogP contribution in [0.4, 0.5) is 16.2 Å². The lowest BCUT2D eigenvalue weighted by molar-refractivity contribution is -0.155. The number of amides is 11. The molecular weight excluding hydrogens is 909 g/mol. The van der Waals surface area contributed by atoms with E-state index < -0.39 is 17.7 Å². The van der Waals surface area contributed by atoms with E-state index in [1.54, 1.807) is 29.2 Å². The quantitative estimate of drug-likeness (QED) is 0.0279. The number of carbonyl (C=O) groups is 10. The fraction of sp³-hybridized carbons (Fsp3) is 0.558. The second-order valence-corrected chi connectivity index (χ2v) is 18.4. The molecule has 0 aromatic heterocycles. The number of carbonyl (C=O) groups excluding carboxylic acids is 10. The molecule has 24 heteroatoms. The van der Waals surface area contributed by atoms with Crippen LogP contribution in [0.15, 0.2) is 36.4 Å². The van der Waals surface area contributed by atoms with Gasteiger partial charge < -0.3 is 56.8 Å². The smallest absolute Gasteiger partial charge is 0.315 e. The molecule has 67 heavy (non-hydrogen) atoms. The number of piperazine rings is 2. The van der Waals surface area contributed by atoms with Gasteiger partial charge in [-0.15, -0.1) is 0 Å². The Morgan fingerprint density at radius 1 is 0.597 bits per heavy atom. The predicted molar refractivity (Wildman–Crippen MR) is 250 cm³/mol. The average molecular weight is 967 g/mol. The van der Waals surface area contributed by atoms with Crippen molar-refractivity contribution in [3.05, 3.63) is 36.4 Å². The van der Waals surface area contributed by atoms with Gasteiger partial charge in [-0.2, -0.15) is 11.8 Å². The first kappa shape index (κ1) is 50.1. The van der Waals surface area contributed by atoms with Gasteiger partial charge in [0.2, 0.25) is 29.5 Å². The highest BCUT2D eigenvalue weighted by atomic mass is 32.2. The van der Waals surface area contributed by atoms with Crippen molar-refractivity contribution in [2.45, 2.75) is 68.7 Å². The number of fused-ring (bicyclic) bond motifs is 1. The molecule has 6 rings (SSSR count). The number of hydrogen-bond acceptors (Lipinski definition) is 12. The Bertz CT molecular complexity index is 2070. The molecule has 22 nitrogen and oxygen atoms in total. The van der Waals surface area contributed by atoms with E-state index in [2.05, 4.69) is 37.2 Å². The maximum absolute atomic E-state index is 13.1. The molecule has 1 aromatic rings. The zero-order valence-corrected chi connectivity index (χ0v) is 38.8. The lowest BCUT2D eigenvalue weighted by atomic mass is 10.0. The molecule has 0 unspecified atom stereocenters. The molecule has 11 amide bonds. The summed E-state index contributed by atoms with van der Waals surface area (Å²) in [5, 5.41) is 20.3. The summed E-state index contributed by atoms with van der Waals surface area (Å²) >= 11 is 7.24. The maximum atomic E-state index is 13.1. The van der Waals surface area contributed by atoms with Crippen molar-refractivity contribution in [3.8, 4) is 0 Å². The summed E-state index contributed by atoms with van der Waals surface area (Å²) in [6.45, 7) is 0.984. The molecule has 1 aromatic carbocycles. The molecule has 0 saturated carbocycles. The Kier molecular flexibility index (Phi) is 18.3. The van der Waals surface area contributed by atoms with Gasteiger partial charge in [-0.3, -0.25) is 48.1 Å². The second-order valence-electron chi connectivity index (χ2n) is 16.7. The molecule has 5 heterocycles. The highest BCUT2D eigenvalue weighted by molar-refractivity contribution is 8.00. The number of thiocarbonyl (C=S) groups is 1. The van der Waals surface area contributed by atoms with Crippen LogP contribution in [0.3, 0.4) is 0 Å². The van der Waals surface area contributed by atoms with Crippen molar-refractivity contribution in [2.75, 3.05) is 94.9 Å². The van der Waals surface area contributed by atoms with Crippen LogP contribution in [0, 0.1) is 0 Å². The van der Waals surface area contributed by atoms with Gasteiger partial charge in [-0.25, -0.2) is 4.79 Å². The molecule has 5 aliphatic rings. The normalized spacial score (nSPS) is 19.9. The van der Waals surface area contributed by atoms with E-state index in [0.717, 1.165) is 29.9 Å². The summed E-state index contributed by atoms with van der Waals surface area (Å²) in [7, 11) is 0. The van der Waals surface area contributed by atoms with Crippen molar-refractivity contribution >= 4 is 99.7 Å². The molecule has 0 radical (unpaired) electrons. The number of nitrogens with zero attached hydrogens (tertiary/aromatic N) is 5. The Morgan fingerprint density at radius 3 is 1.73 bits per heavy atom. The van der Waals surface area contributed by atoms with Gasteiger partial charge >= 0.3 is 17.8 Å². The molecule has 0 bridgehead atoms. The van der Waals surface area contributed by atoms with E-state index in [1.165, 1.54) is 26.9 Å². The molecule has 4 fully saturated rings. The van der Waals surface area contributed by atoms with Crippen LogP contribution < -0.4 is 37.2 Å². The van der Waals surface area contributed by atoms with Crippen LogP contribution in [0.1, 0.15) is 51.4 Å². The zero-order chi connectivity index (χ0) is 47.9. The summed E-state index contributed by atoms with van der Waals surface area (Å²) < 4.78 is 0. The monoisotopic (exact) mass is 966 g/mol. The van der Waals surface area contributed by atoms with Crippen LogP contribution in [-0.2, 0) is 43.2 Å². The number of nitrogens with one attached hydrogen (secondary N) is 7. The third-order valence-corrected chi connectivity index (χ3v) is 13.8. The first-order valence-corrected chi connectivity index (χ1v) is 24.0. The third-order valence-electron chi connectivity index (χ3n) is 12.0. The molecule has 0 spiro atoms. The fourth-order valence-corrected chi connectivity index (χ4v) is 9.90. The lowest BCUT2D eigenvalue weighted by Crippen LogP contribution is -2.58. The summed E-state index contributed by atoms with van der Waals surface area (Å²) in [6, 6.07) is 7.27. The Labute approximate surface area is 397 Å².